The van der Waals surface area contributed by atoms with Crippen molar-refractivity contribution in [3.05, 3.63) is 35.4 Å². The molecule has 0 radical (unpaired) electrons. The highest BCUT2D eigenvalue weighted by Crippen LogP contribution is 2.36. The molecular weight excluding hydrogens is 320 g/mol. The normalized spacial score (nSPS) is 26.6. The zero-order chi connectivity index (χ0) is 18.2. The Labute approximate surface area is 148 Å². The van der Waals surface area contributed by atoms with Gasteiger partial charge in [0, 0.05) is 32.1 Å². The first-order chi connectivity index (χ1) is 11.8. The Balaban J connectivity index is 1.82. The Morgan fingerprint density at radius 1 is 1.16 bits per heavy atom. The van der Waals surface area contributed by atoms with E-state index in [1.165, 1.54) is 0 Å². The van der Waals surface area contributed by atoms with Gasteiger partial charge in [-0.25, -0.2) is 0 Å². The Morgan fingerprint density at radius 3 is 2.40 bits per heavy atom. The van der Waals surface area contributed by atoms with Gasteiger partial charge in [0.25, 0.3) is 5.91 Å². The van der Waals surface area contributed by atoms with Crippen LogP contribution < -0.4 is 0 Å². The molecule has 2 fully saturated rings. The lowest BCUT2D eigenvalue weighted by atomic mass is 9.86. The standard InChI is InChI=1S/C19H26N2O4/c1-13-5-3-4-6-14(13)15-11-21(12-16(15)17(22)23)18(24)19(25)7-9-20(2)10-8-19/h3-6,15-16,25H,7-12H2,1-2H3,(H,22,23). The van der Waals surface area contributed by atoms with Crippen LogP contribution in [0.2, 0.25) is 0 Å². The summed E-state index contributed by atoms with van der Waals surface area (Å²) in [5.74, 6) is -2.08. The minimum atomic E-state index is -1.36. The van der Waals surface area contributed by atoms with Gasteiger partial charge in [0.2, 0.25) is 0 Å². The maximum absolute atomic E-state index is 12.9. The van der Waals surface area contributed by atoms with Crippen LogP contribution in [0.15, 0.2) is 24.3 Å². The van der Waals surface area contributed by atoms with Crippen molar-refractivity contribution >= 4 is 11.9 Å². The Kier molecular flexibility index (Phi) is 4.84. The van der Waals surface area contributed by atoms with E-state index in [9.17, 15) is 19.8 Å². The number of benzene rings is 1. The van der Waals surface area contributed by atoms with E-state index >= 15 is 0 Å². The van der Waals surface area contributed by atoms with Gasteiger partial charge in [0.1, 0.15) is 5.60 Å². The number of carboxylic acid groups (broad SMARTS) is 1. The highest BCUT2D eigenvalue weighted by molar-refractivity contribution is 5.86. The highest BCUT2D eigenvalue weighted by Gasteiger charge is 2.47. The first-order valence-electron chi connectivity index (χ1n) is 8.80. The smallest absolute Gasteiger partial charge is 0.308 e. The zero-order valence-corrected chi connectivity index (χ0v) is 14.8. The number of aryl methyl sites for hydroxylation is 1. The van der Waals surface area contributed by atoms with Gasteiger partial charge in [-0.1, -0.05) is 24.3 Å². The van der Waals surface area contributed by atoms with E-state index < -0.39 is 17.5 Å². The molecule has 2 N–H and O–H groups in total. The molecule has 0 aromatic heterocycles. The molecule has 25 heavy (non-hydrogen) atoms. The summed E-state index contributed by atoms with van der Waals surface area (Å²) in [6.07, 6.45) is 0.789. The largest absolute Gasteiger partial charge is 0.481 e. The van der Waals surface area contributed by atoms with Gasteiger partial charge in [-0.2, -0.15) is 0 Å². The lowest BCUT2D eigenvalue weighted by molar-refractivity contribution is -0.155. The minimum absolute atomic E-state index is 0.158. The molecule has 2 unspecified atom stereocenters. The number of carbonyl (C=O) groups is 2. The number of piperidine rings is 1. The molecule has 2 atom stereocenters. The van der Waals surface area contributed by atoms with Crippen molar-refractivity contribution in [2.24, 2.45) is 5.92 Å². The molecule has 0 aliphatic carbocycles. The first kappa shape index (κ1) is 17.9. The summed E-state index contributed by atoms with van der Waals surface area (Å²) in [4.78, 5) is 28.3. The van der Waals surface area contributed by atoms with Gasteiger partial charge < -0.3 is 20.0 Å². The summed E-state index contributed by atoms with van der Waals surface area (Å²) in [6.45, 7) is 3.80. The van der Waals surface area contributed by atoms with Gasteiger partial charge >= 0.3 is 5.97 Å². The quantitative estimate of drug-likeness (QED) is 0.856. The van der Waals surface area contributed by atoms with Crippen LogP contribution in [0, 0.1) is 12.8 Å². The van der Waals surface area contributed by atoms with Crippen molar-refractivity contribution in [2.45, 2.75) is 31.3 Å². The average Bonchev–Trinajstić information content (AvgIpc) is 3.02. The van der Waals surface area contributed by atoms with Crippen LogP contribution in [0.5, 0.6) is 0 Å². The van der Waals surface area contributed by atoms with Crippen LogP contribution in [0.4, 0.5) is 0 Å². The number of rotatable bonds is 3. The Bertz CT molecular complexity index is 667. The van der Waals surface area contributed by atoms with Crippen molar-refractivity contribution in [1.82, 2.24) is 9.80 Å². The molecule has 6 heteroatoms. The molecule has 2 heterocycles. The SMILES string of the molecule is Cc1ccccc1C1CN(C(=O)C2(O)CCN(C)CC2)CC1C(=O)O. The van der Waals surface area contributed by atoms with Crippen molar-refractivity contribution in [3.8, 4) is 0 Å². The predicted molar refractivity (Wildman–Crippen MR) is 93.3 cm³/mol. The number of likely N-dealkylation sites (tertiary alicyclic amines) is 2. The van der Waals surface area contributed by atoms with Gasteiger partial charge in [-0.3, -0.25) is 9.59 Å². The van der Waals surface area contributed by atoms with E-state index in [2.05, 4.69) is 4.90 Å². The third-order valence-corrected chi connectivity index (χ3v) is 5.72. The van der Waals surface area contributed by atoms with E-state index in [1.807, 2.05) is 38.2 Å². The average molecular weight is 346 g/mol. The summed E-state index contributed by atoms with van der Waals surface area (Å²) in [7, 11) is 1.97. The van der Waals surface area contributed by atoms with Crippen LogP contribution in [0.3, 0.4) is 0 Å². The van der Waals surface area contributed by atoms with Crippen molar-refractivity contribution in [3.63, 3.8) is 0 Å². The zero-order valence-electron chi connectivity index (χ0n) is 14.8. The molecular formula is C19H26N2O4. The molecule has 0 bridgehead atoms. The summed E-state index contributed by atoms with van der Waals surface area (Å²) >= 11 is 0. The van der Waals surface area contributed by atoms with Crippen molar-refractivity contribution in [2.75, 3.05) is 33.2 Å². The maximum atomic E-state index is 12.9. The van der Waals surface area contributed by atoms with Crippen LogP contribution in [-0.2, 0) is 9.59 Å². The Morgan fingerprint density at radius 2 is 1.80 bits per heavy atom. The number of aliphatic hydroxyl groups is 1. The van der Waals surface area contributed by atoms with E-state index in [0.717, 1.165) is 11.1 Å². The molecule has 1 aromatic rings. The maximum Gasteiger partial charge on any atom is 0.308 e. The van der Waals surface area contributed by atoms with Crippen LogP contribution in [-0.4, -0.2) is 70.7 Å². The van der Waals surface area contributed by atoms with Gasteiger partial charge in [-0.05, 0) is 37.9 Å². The number of hydrogen-bond donors (Lipinski definition) is 2. The number of carbonyl (C=O) groups excluding carboxylic acids is 1. The second-order valence-electron chi connectivity index (χ2n) is 7.45. The first-order valence-corrected chi connectivity index (χ1v) is 8.80. The number of carboxylic acids is 1. The lowest BCUT2D eigenvalue weighted by Crippen LogP contribution is -2.54. The van der Waals surface area contributed by atoms with E-state index in [4.69, 9.17) is 0 Å². The second-order valence-corrected chi connectivity index (χ2v) is 7.45. The van der Waals surface area contributed by atoms with Crippen LogP contribution in [0.25, 0.3) is 0 Å². The van der Waals surface area contributed by atoms with Crippen molar-refractivity contribution < 1.29 is 19.8 Å². The highest BCUT2D eigenvalue weighted by atomic mass is 16.4. The van der Waals surface area contributed by atoms with E-state index in [1.54, 1.807) is 4.90 Å². The fraction of sp³-hybridized carbons (Fsp3) is 0.579. The van der Waals surface area contributed by atoms with Crippen molar-refractivity contribution in [1.29, 1.82) is 0 Å². The molecule has 2 aliphatic heterocycles. The fourth-order valence-electron chi connectivity index (χ4n) is 4.03. The fourth-order valence-corrected chi connectivity index (χ4v) is 4.03. The second kappa shape index (κ2) is 6.77. The number of aliphatic carboxylic acids is 1. The van der Waals surface area contributed by atoms with Gasteiger partial charge in [0.05, 0.1) is 5.92 Å². The molecule has 136 valence electrons. The molecule has 2 saturated heterocycles. The molecule has 1 amide bonds. The molecule has 3 rings (SSSR count). The van der Waals surface area contributed by atoms with E-state index in [-0.39, 0.29) is 18.4 Å². The molecule has 2 aliphatic rings. The van der Waals surface area contributed by atoms with E-state index in [0.29, 0.717) is 32.5 Å². The molecule has 6 nitrogen and oxygen atoms in total. The third-order valence-electron chi connectivity index (χ3n) is 5.72. The summed E-state index contributed by atoms with van der Waals surface area (Å²) in [5, 5.41) is 20.4. The number of nitrogens with zero attached hydrogens (tertiary/aromatic N) is 2. The molecule has 0 spiro atoms. The van der Waals surface area contributed by atoms with Crippen LogP contribution >= 0.6 is 0 Å². The summed E-state index contributed by atoms with van der Waals surface area (Å²) < 4.78 is 0. The van der Waals surface area contributed by atoms with Crippen LogP contribution in [0.1, 0.15) is 29.9 Å². The lowest BCUT2D eigenvalue weighted by Gasteiger charge is -2.37. The predicted octanol–water partition coefficient (Wildman–Crippen LogP) is 1.08. The summed E-state index contributed by atoms with van der Waals surface area (Å²) in [5.41, 5.74) is 0.641. The van der Waals surface area contributed by atoms with Gasteiger partial charge in [-0.15, -0.1) is 0 Å². The molecule has 1 aromatic carbocycles. The monoisotopic (exact) mass is 346 g/mol. The Hall–Kier alpha value is -1.92. The number of hydrogen-bond acceptors (Lipinski definition) is 4. The summed E-state index contributed by atoms with van der Waals surface area (Å²) in [6, 6.07) is 7.72. The third kappa shape index (κ3) is 3.41. The minimum Gasteiger partial charge on any atom is -0.481 e. The van der Waals surface area contributed by atoms with Gasteiger partial charge in [0.15, 0.2) is 0 Å². The molecule has 0 saturated carbocycles. The number of amides is 1. The topological polar surface area (TPSA) is 81.1 Å².